The number of piperidine rings is 1. The van der Waals surface area contributed by atoms with Gasteiger partial charge in [0.05, 0.1) is 11.6 Å². The van der Waals surface area contributed by atoms with Crippen molar-refractivity contribution in [3.8, 4) is 6.07 Å². The van der Waals surface area contributed by atoms with Crippen molar-refractivity contribution in [1.82, 2.24) is 14.7 Å². The summed E-state index contributed by atoms with van der Waals surface area (Å²) in [4.78, 5) is 20.2. The summed E-state index contributed by atoms with van der Waals surface area (Å²) in [5, 5.41) is 11.2. The van der Waals surface area contributed by atoms with E-state index >= 15 is 0 Å². The van der Waals surface area contributed by atoms with Crippen LogP contribution in [0.2, 0.25) is 0 Å². The highest BCUT2D eigenvalue weighted by atomic mass is 16.2. The van der Waals surface area contributed by atoms with Gasteiger partial charge in [-0.25, -0.2) is 0 Å². The fourth-order valence-electron chi connectivity index (χ4n) is 4.68. The predicted octanol–water partition coefficient (Wildman–Crippen LogP) is 2.95. The molecule has 0 spiro atoms. The molecule has 1 atom stereocenters. The Morgan fingerprint density at radius 2 is 1.89 bits per heavy atom. The molecule has 5 nitrogen and oxygen atoms in total. The van der Waals surface area contributed by atoms with E-state index in [1.807, 2.05) is 42.3 Å². The summed E-state index contributed by atoms with van der Waals surface area (Å²) in [6.07, 6.45) is 3.45. The lowest BCUT2D eigenvalue weighted by atomic mass is 10.00. The van der Waals surface area contributed by atoms with Gasteiger partial charge >= 0.3 is 0 Å². The van der Waals surface area contributed by atoms with Gasteiger partial charge in [-0.05, 0) is 62.3 Å². The molecular formula is C23H28N4O. The minimum Gasteiger partial charge on any atom is -0.337 e. The Morgan fingerprint density at radius 1 is 1.14 bits per heavy atom. The van der Waals surface area contributed by atoms with Crippen LogP contribution < -0.4 is 0 Å². The molecule has 2 aliphatic rings. The van der Waals surface area contributed by atoms with Crippen molar-refractivity contribution in [2.75, 3.05) is 40.3 Å². The number of amides is 1. The van der Waals surface area contributed by atoms with E-state index in [4.69, 9.17) is 0 Å². The van der Waals surface area contributed by atoms with Crippen molar-refractivity contribution in [3.63, 3.8) is 0 Å². The van der Waals surface area contributed by atoms with Gasteiger partial charge < -0.3 is 9.80 Å². The van der Waals surface area contributed by atoms with Crippen LogP contribution in [0.5, 0.6) is 0 Å². The topological polar surface area (TPSA) is 50.6 Å². The van der Waals surface area contributed by atoms with Gasteiger partial charge in [0.2, 0.25) is 0 Å². The van der Waals surface area contributed by atoms with Crippen LogP contribution in [0.25, 0.3) is 10.8 Å². The van der Waals surface area contributed by atoms with Crippen LogP contribution in [-0.2, 0) is 0 Å². The molecule has 2 aliphatic heterocycles. The zero-order chi connectivity index (χ0) is 19.7. The molecule has 0 saturated carbocycles. The number of hydrogen-bond donors (Lipinski definition) is 0. The van der Waals surface area contributed by atoms with Gasteiger partial charge in [0, 0.05) is 37.8 Å². The van der Waals surface area contributed by atoms with Gasteiger partial charge in [0.15, 0.2) is 0 Å². The smallest absolute Gasteiger partial charge is 0.254 e. The molecule has 1 unspecified atom stereocenters. The first kappa shape index (κ1) is 18.9. The highest BCUT2D eigenvalue weighted by molar-refractivity contribution is 6.07. The lowest BCUT2D eigenvalue weighted by Crippen LogP contribution is -2.45. The largest absolute Gasteiger partial charge is 0.337 e. The zero-order valence-electron chi connectivity index (χ0n) is 16.8. The van der Waals surface area contributed by atoms with Gasteiger partial charge in [0.1, 0.15) is 0 Å². The van der Waals surface area contributed by atoms with Gasteiger partial charge in [-0.1, -0.05) is 24.3 Å². The Labute approximate surface area is 167 Å². The molecule has 2 aromatic rings. The Bertz CT molecular complexity index is 910. The normalized spacial score (nSPS) is 21.7. The molecule has 28 heavy (non-hydrogen) atoms. The molecule has 0 aromatic heterocycles. The van der Waals surface area contributed by atoms with Crippen LogP contribution in [-0.4, -0.2) is 73.0 Å². The van der Waals surface area contributed by atoms with Gasteiger partial charge in [-0.3, -0.25) is 9.69 Å². The lowest BCUT2D eigenvalue weighted by Gasteiger charge is -2.35. The second-order valence-electron chi connectivity index (χ2n) is 8.24. The van der Waals surface area contributed by atoms with Gasteiger partial charge in [-0.2, -0.15) is 5.26 Å². The average Bonchev–Trinajstić information content (AvgIpc) is 3.22. The zero-order valence-corrected chi connectivity index (χ0v) is 16.8. The second kappa shape index (κ2) is 7.90. The molecule has 146 valence electrons. The maximum atomic E-state index is 13.3. The van der Waals surface area contributed by atoms with E-state index in [-0.39, 0.29) is 11.9 Å². The third kappa shape index (κ3) is 3.63. The number of carbonyl (C=O) groups excluding carboxylic acids is 1. The van der Waals surface area contributed by atoms with Crippen LogP contribution in [0.4, 0.5) is 0 Å². The van der Waals surface area contributed by atoms with Crippen molar-refractivity contribution in [1.29, 1.82) is 5.26 Å². The molecule has 2 saturated heterocycles. The van der Waals surface area contributed by atoms with E-state index in [1.54, 1.807) is 6.07 Å². The Balaban J connectivity index is 1.51. The molecule has 0 N–H and O–H groups in total. The number of nitrogens with zero attached hydrogens (tertiary/aromatic N) is 4. The summed E-state index contributed by atoms with van der Waals surface area (Å²) in [6, 6.07) is 14.5. The van der Waals surface area contributed by atoms with Crippen molar-refractivity contribution >= 4 is 16.7 Å². The third-order valence-corrected chi connectivity index (χ3v) is 6.49. The molecule has 0 radical (unpaired) electrons. The SMILES string of the molecule is CN1CCC(N2CCC(N(C)C(=O)c3cc(C#N)cc4ccccc34)C2)CC1. The fourth-order valence-corrected chi connectivity index (χ4v) is 4.68. The monoisotopic (exact) mass is 376 g/mol. The highest BCUT2D eigenvalue weighted by Gasteiger charge is 2.33. The van der Waals surface area contributed by atoms with E-state index in [1.165, 1.54) is 12.8 Å². The molecule has 5 heteroatoms. The third-order valence-electron chi connectivity index (χ3n) is 6.49. The number of benzene rings is 2. The Hall–Kier alpha value is -2.42. The molecule has 4 rings (SSSR count). The molecule has 2 heterocycles. The first-order valence-electron chi connectivity index (χ1n) is 10.2. The van der Waals surface area contributed by atoms with Crippen molar-refractivity contribution in [3.05, 3.63) is 47.5 Å². The Kier molecular flexibility index (Phi) is 5.34. The van der Waals surface area contributed by atoms with Crippen LogP contribution in [0.3, 0.4) is 0 Å². The number of nitriles is 1. The van der Waals surface area contributed by atoms with Crippen LogP contribution in [0, 0.1) is 11.3 Å². The van der Waals surface area contributed by atoms with Crippen LogP contribution >= 0.6 is 0 Å². The molecular weight excluding hydrogens is 348 g/mol. The summed E-state index contributed by atoms with van der Waals surface area (Å²) >= 11 is 0. The van der Waals surface area contributed by atoms with E-state index in [0.29, 0.717) is 17.2 Å². The summed E-state index contributed by atoms with van der Waals surface area (Å²) in [5.74, 6) is 0.0172. The van der Waals surface area contributed by atoms with E-state index < -0.39 is 0 Å². The number of rotatable bonds is 3. The number of fused-ring (bicyclic) bond motifs is 1. The maximum absolute atomic E-state index is 13.3. The summed E-state index contributed by atoms with van der Waals surface area (Å²) in [6.45, 7) is 4.34. The predicted molar refractivity (Wildman–Crippen MR) is 111 cm³/mol. The Morgan fingerprint density at radius 3 is 2.64 bits per heavy atom. The maximum Gasteiger partial charge on any atom is 0.254 e. The van der Waals surface area contributed by atoms with Crippen molar-refractivity contribution in [2.24, 2.45) is 0 Å². The van der Waals surface area contributed by atoms with Crippen LogP contribution in [0.15, 0.2) is 36.4 Å². The first-order valence-corrected chi connectivity index (χ1v) is 10.2. The molecule has 0 bridgehead atoms. The first-order chi connectivity index (χ1) is 13.6. The van der Waals surface area contributed by atoms with Gasteiger partial charge in [-0.15, -0.1) is 0 Å². The quantitative estimate of drug-likeness (QED) is 0.826. The molecule has 1 amide bonds. The molecule has 2 aromatic carbocycles. The van der Waals surface area contributed by atoms with Crippen molar-refractivity contribution < 1.29 is 4.79 Å². The van der Waals surface area contributed by atoms with E-state index in [0.717, 1.165) is 43.4 Å². The number of hydrogen-bond acceptors (Lipinski definition) is 4. The second-order valence-corrected chi connectivity index (χ2v) is 8.24. The van der Waals surface area contributed by atoms with Crippen LogP contribution in [0.1, 0.15) is 35.2 Å². The van der Waals surface area contributed by atoms with E-state index in [9.17, 15) is 10.1 Å². The summed E-state index contributed by atoms with van der Waals surface area (Å²) in [5.41, 5.74) is 1.17. The average molecular weight is 377 g/mol. The lowest BCUT2D eigenvalue weighted by molar-refractivity contribution is 0.0723. The van der Waals surface area contributed by atoms with Gasteiger partial charge in [0.25, 0.3) is 5.91 Å². The minimum absolute atomic E-state index is 0.0172. The summed E-state index contributed by atoms with van der Waals surface area (Å²) < 4.78 is 0. The molecule has 2 fully saturated rings. The number of likely N-dealkylation sites (N-methyl/N-ethyl adjacent to an activating group) is 1. The minimum atomic E-state index is 0.0172. The van der Waals surface area contributed by atoms with Crippen molar-refractivity contribution in [2.45, 2.75) is 31.3 Å². The standard InChI is InChI=1S/C23H28N4O/c1-25-10-7-19(8-11-25)27-12-9-20(16-27)26(2)23(28)22-14-17(15-24)13-18-5-3-4-6-21(18)22/h3-6,13-14,19-20H,7-12,16H2,1-2H3. The number of likely N-dealkylation sites (tertiary alicyclic amines) is 2. The number of carbonyl (C=O) groups is 1. The molecule has 0 aliphatic carbocycles. The fraction of sp³-hybridized carbons (Fsp3) is 0.478. The van der Waals surface area contributed by atoms with E-state index in [2.05, 4.69) is 22.9 Å². The summed E-state index contributed by atoms with van der Waals surface area (Å²) in [7, 11) is 4.11. The highest BCUT2D eigenvalue weighted by Crippen LogP contribution is 2.26.